The van der Waals surface area contributed by atoms with Crippen molar-refractivity contribution in [2.75, 3.05) is 0 Å². The summed E-state index contributed by atoms with van der Waals surface area (Å²) in [5.41, 5.74) is 5.55. The number of amides is 1. The van der Waals surface area contributed by atoms with Crippen LogP contribution in [-0.2, 0) is 0 Å². The van der Waals surface area contributed by atoms with Gasteiger partial charge in [0.2, 0.25) is 0 Å². The molecule has 0 fully saturated rings. The average molecular weight is 389 g/mol. The van der Waals surface area contributed by atoms with Gasteiger partial charge in [0.1, 0.15) is 0 Å². The summed E-state index contributed by atoms with van der Waals surface area (Å²) in [6, 6.07) is 5.25. The molecule has 0 aliphatic rings. The van der Waals surface area contributed by atoms with E-state index in [9.17, 15) is 4.79 Å². The van der Waals surface area contributed by atoms with Crippen molar-refractivity contribution >= 4 is 51.5 Å². The van der Waals surface area contributed by atoms with E-state index in [-0.39, 0.29) is 0 Å². The maximum absolute atomic E-state index is 10.9. The van der Waals surface area contributed by atoms with Crippen LogP contribution in [0.15, 0.2) is 18.2 Å². The van der Waals surface area contributed by atoms with Gasteiger partial charge in [0.05, 0.1) is 9.13 Å². The van der Waals surface area contributed by atoms with E-state index in [0.29, 0.717) is 11.3 Å². The van der Waals surface area contributed by atoms with Gasteiger partial charge < -0.3 is 8.80 Å². The predicted octanol–water partition coefficient (Wildman–Crippen LogP) is 2.12. The lowest BCUT2D eigenvalue weighted by Gasteiger charge is -2.04. The number of hydrogen-bond acceptors (Lipinski definition) is 2. The maximum Gasteiger partial charge on any atom is 0.252 e. The van der Waals surface area contributed by atoms with E-state index < -0.39 is 5.91 Å². The number of carbonyl (C=O) groups excluding carboxylic acids is 1. The normalized spacial score (nSPS) is 9.50. The molecule has 0 saturated heterocycles. The number of carbonyl (C=O) groups is 1. The Morgan fingerprint density at radius 3 is 2.58 bits per heavy atom. The number of benzene rings is 1. The first kappa shape index (κ1) is 10.0. The molecular weight excluding hydrogens is 384 g/mol. The Bertz CT molecular complexity index is 314. The van der Waals surface area contributed by atoms with E-state index in [0.717, 1.165) is 3.57 Å². The van der Waals surface area contributed by atoms with Gasteiger partial charge in [-0.2, -0.15) is 0 Å². The molecule has 0 bridgehead atoms. The molecular formula is C7H5I2NO2. The van der Waals surface area contributed by atoms with Crippen molar-refractivity contribution in [2.24, 2.45) is 5.73 Å². The molecule has 1 aromatic carbocycles. The van der Waals surface area contributed by atoms with Gasteiger partial charge in [-0.3, -0.25) is 4.79 Å². The van der Waals surface area contributed by atoms with Gasteiger partial charge in [0.25, 0.3) is 5.91 Å². The highest BCUT2D eigenvalue weighted by atomic mass is 127. The average Bonchev–Trinajstić information content (AvgIpc) is 2.03. The highest BCUT2D eigenvalue weighted by Gasteiger charge is 2.11. The molecule has 3 nitrogen and oxygen atoms in total. The molecule has 0 spiro atoms. The number of primary amides is 1. The van der Waals surface area contributed by atoms with Crippen molar-refractivity contribution < 1.29 is 7.86 Å². The topological polar surface area (TPSA) is 52.3 Å². The molecule has 0 aliphatic heterocycles. The zero-order chi connectivity index (χ0) is 9.14. The first-order valence-electron chi connectivity index (χ1n) is 3.03. The van der Waals surface area contributed by atoms with Crippen molar-refractivity contribution in [3.8, 4) is 5.75 Å². The first-order valence-corrected chi connectivity index (χ1v) is 4.99. The second kappa shape index (κ2) is 4.26. The van der Waals surface area contributed by atoms with Crippen molar-refractivity contribution in [1.29, 1.82) is 0 Å². The van der Waals surface area contributed by atoms with Crippen LogP contribution in [0.1, 0.15) is 10.4 Å². The fraction of sp³-hybridized carbons (Fsp3) is 0. The summed E-state index contributed by atoms with van der Waals surface area (Å²) in [7, 11) is 0. The van der Waals surface area contributed by atoms with E-state index in [1.807, 2.05) is 6.07 Å². The lowest BCUT2D eigenvalue weighted by molar-refractivity contribution is 0.0999. The molecule has 0 unspecified atom stereocenters. The number of nitrogens with two attached hydrogens (primary N) is 1. The summed E-state index contributed by atoms with van der Waals surface area (Å²) in [6.45, 7) is 0. The van der Waals surface area contributed by atoms with E-state index in [4.69, 9.17) is 8.80 Å². The minimum atomic E-state index is -0.472. The number of hydrogen-bond donors (Lipinski definition) is 1. The van der Waals surface area contributed by atoms with Gasteiger partial charge in [-0.1, -0.05) is 6.07 Å². The molecule has 1 aromatic rings. The van der Waals surface area contributed by atoms with Crippen molar-refractivity contribution in [3.05, 3.63) is 27.3 Å². The molecule has 0 saturated carbocycles. The van der Waals surface area contributed by atoms with E-state index in [2.05, 4.69) is 22.6 Å². The Labute approximate surface area is 97.5 Å². The Morgan fingerprint density at radius 1 is 1.50 bits per heavy atom. The van der Waals surface area contributed by atoms with Gasteiger partial charge in [-0.15, -0.1) is 0 Å². The van der Waals surface area contributed by atoms with Crippen LogP contribution < -0.4 is 8.80 Å². The highest BCUT2D eigenvalue weighted by molar-refractivity contribution is 14.1. The second-order valence-corrected chi connectivity index (χ2v) is 3.66. The van der Waals surface area contributed by atoms with Crippen LogP contribution in [0, 0.1) is 3.57 Å². The minimum Gasteiger partial charge on any atom is -0.426 e. The van der Waals surface area contributed by atoms with E-state index in [1.54, 1.807) is 35.1 Å². The van der Waals surface area contributed by atoms with Crippen LogP contribution in [0.3, 0.4) is 0 Å². The summed E-state index contributed by atoms with van der Waals surface area (Å²) in [6.07, 6.45) is 0. The smallest absolute Gasteiger partial charge is 0.252 e. The summed E-state index contributed by atoms with van der Waals surface area (Å²) >= 11 is 3.81. The van der Waals surface area contributed by atoms with Gasteiger partial charge in [0, 0.05) is 0 Å². The van der Waals surface area contributed by atoms with Crippen molar-refractivity contribution in [1.82, 2.24) is 0 Å². The molecule has 5 heteroatoms. The standard InChI is InChI=1S/C7H5I2NO2/c8-5-3-1-2-4(7(10)11)6(5)12-9/h1-3H,(H2,10,11). The van der Waals surface area contributed by atoms with Gasteiger partial charge in [-0.05, 0) is 34.7 Å². The summed E-state index contributed by atoms with van der Waals surface area (Å²) in [5.74, 6) is 0.0615. The molecule has 1 amide bonds. The minimum absolute atomic E-state index is 0.413. The summed E-state index contributed by atoms with van der Waals surface area (Å²) < 4.78 is 5.87. The van der Waals surface area contributed by atoms with Gasteiger partial charge in [0.15, 0.2) is 28.8 Å². The first-order chi connectivity index (χ1) is 5.66. The molecule has 0 aromatic heterocycles. The highest BCUT2D eigenvalue weighted by Crippen LogP contribution is 2.26. The summed E-state index contributed by atoms with van der Waals surface area (Å²) in [4.78, 5) is 10.9. The SMILES string of the molecule is NC(=O)c1cccc(I)c1OI. The quantitative estimate of drug-likeness (QED) is 0.789. The zero-order valence-electron chi connectivity index (χ0n) is 5.88. The molecule has 64 valence electrons. The third-order valence-electron chi connectivity index (χ3n) is 1.31. The van der Waals surface area contributed by atoms with E-state index in [1.165, 1.54) is 0 Å². The van der Waals surface area contributed by atoms with Crippen LogP contribution in [0.25, 0.3) is 0 Å². The van der Waals surface area contributed by atoms with Crippen LogP contribution >= 0.6 is 45.6 Å². The Balaban J connectivity index is 3.27. The molecule has 2 N–H and O–H groups in total. The predicted molar refractivity (Wildman–Crippen MR) is 62.3 cm³/mol. The third-order valence-corrected chi connectivity index (χ3v) is 2.60. The molecule has 0 radical (unpaired) electrons. The van der Waals surface area contributed by atoms with Gasteiger partial charge >= 0.3 is 0 Å². The number of rotatable bonds is 2. The Morgan fingerprint density at radius 2 is 2.17 bits per heavy atom. The molecule has 1 rings (SSSR count). The fourth-order valence-electron chi connectivity index (χ4n) is 0.781. The largest absolute Gasteiger partial charge is 0.426 e. The number of halogens is 2. The van der Waals surface area contributed by atoms with Crippen molar-refractivity contribution in [2.45, 2.75) is 0 Å². The molecule has 0 atom stereocenters. The third kappa shape index (κ3) is 2.00. The maximum atomic E-state index is 10.9. The molecule has 0 aliphatic carbocycles. The number of para-hydroxylation sites is 1. The van der Waals surface area contributed by atoms with Crippen LogP contribution in [-0.4, -0.2) is 5.91 Å². The van der Waals surface area contributed by atoms with E-state index >= 15 is 0 Å². The Hall–Kier alpha value is -0.0500. The van der Waals surface area contributed by atoms with Crippen LogP contribution in [0.5, 0.6) is 5.75 Å². The second-order valence-electron chi connectivity index (χ2n) is 2.06. The lowest BCUT2D eigenvalue weighted by atomic mass is 10.2. The fourth-order valence-corrected chi connectivity index (χ4v) is 2.29. The van der Waals surface area contributed by atoms with Crippen molar-refractivity contribution in [3.63, 3.8) is 0 Å². The Kier molecular flexibility index (Phi) is 3.56. The monoisotopic (exact) mass is 389 g/mol. The lowest BCUT2D eigenvalue weighted by Crippen LogP contribution is -2.12. The summed E-state index contributed by atoms with van der Waals surface area (Å²) in [5, 5.41) is 0. The van der Waals surface area contributed by atoms with Crippen LogP contribution in [0.2, 0.25) is 0 Å². The zero-order valence-corrected chi connectivity index (χ0v) is 10.2. The van der Waals surface area contributed by atoms with Crippen LogP contribution in [0.4, 0.5) is 0 Å². The molecule has 12 heavy (non-hydrogen) atoms. The van der Waals surface area contributed by atoms with Gasteiger partial charge in [-0.25, -0.2) is 0 Å². The molecule has 0 heterocycles.